The van der Waals surface area contributed by atoms with Crippen molar-refractivity contribution in [3.8, 4) is 0 Å². The fourth-order valence-electron chi connectivity index (χ4n) is 9.10. The SMILES string of the molecule is CC(C)CC(=O)OC1CCC2(C)C(=CCC3C2CCC24CN(C)C(C)C2CCC34)C1. The topological polar surface area (TPSA) is 29.5 Å². The maximum atomic E-state index is 12.2. The Morgan fingerprint density at radius 2 is 1.93 bits per heavy atom. The van der Waals surface area contributed by atoms with Gasteiger partial charge in [-0.15, -0.1) is 0 Å². The Bertz CT molecular complexity index is 728. The lowest BCUT2D eigenvalue weighted by Gasteiger charge is -2.58. The molecule has 0 amide bonds. The molecule has 1 heterocycles. The smallest absolute Gasteiger partial charge is 0.306 e. The molecule has 0 radical (unpaired) electrons. The van der Waals surface area contributed by atoms with Gasteiger partial charge >= 0.3 is 5.97 Å². The molecule has 0 N–H and O–H groups in total. The number of esters is 1. The van der Waals surface area contributed by atoms with Crippen LogP contribution in [0.25, 0.3) is 0 Å². The summed E-state index contributed by atoms with van der Waals surface area (Å²) in [6.45, 7) is 10.6. The Labute approximate surface area is 184 Å². The van der Waals surface area contributed by atoms with Crippen molar-refractivity contribution < 1.29 is 9.53 Å². The summed E-state index contributed by atoms with van der Waals surface area (Å²) in [6.07, 6.45) is 13.6. The van der Waals surface area contributed by atoms with Crippen LogP contribution in [0.15, 0.2) is 11.6 Å². The van der Waals surface area contributed by atoms with Gasteiger partial charge in [0.05, 0.1) is 0 Å². The monoisotopic (exact) mass is 413 g/mol. The molecule has 5 rings (SSSR count). The molecule has 3 saturated carbocycles. The van der Waals surface area contributed by atoms with Gasteiger partial charge in [-0.1, -0.05) is 32.4 Å². The van der Waals surface area contributed by atoms with Crippen molar-refractivity contribution in [3.05, 3.63) is 11.6 Å². The Kier molecular flexibility index (Phi) is 5.16. The zero-order valence-electron chi connectivity index (χ0n) is 20.0. The van der Waals surface area contributed by atoms with E-state index in [1.807, 2.05) is 0 Å². The van der Waals surface area contributed by atoms with E-state index < -0.39 is 0 Å². The third-order valence-electron chi connectivity index (χ3n) is 10.5. The Morgan fingerprint density at radius 1 is 1.17 bits per heavy atom. The predicted octanol–water partition coefficient (Wildman–Crippen LogP) is 5.84. The number of likely N-dealkylation sites (tertiary alicyclic amines) is 1. The van der Waals surface area contributed by atoms with Crippen molar-refractivity contribution >= 4 is 5.97 Å². The summed E-state index contributed by atoms with van der Waals surface area (Å²) < 4.78 is 5.90. The highest BCUT2D eigenvalue weighted by Crippen LogP contribution is 2.68. The number of hydrogen-bond acceptors (Lipinski definition) is 3. The molecule has 8 unspecified atom stereocenters. The molecule has 0 aromatic carbocycles. The quantitative estimate of drug-likeness (QED) is 0.430. The summed E-state index contributed by atoms with van der Waals surface area (Å²) in [5.41, 5.74) is 2.58. The molecule has 168 valence electrons. The molecular formula is C27H43NO2. The highest BCUT2D eigenvalue weighted by Gasteiger charge is 2.64. The fraction of sp³-hybridized carbons (Fsp3) is 0.889. The number of carbonyl (C=O) groups excluding carboxylic acids is 1. The molecule has 4 aliphatic carbocycles. The molecule has 0 bridgehead atoms. The van der Waals surface area contributed by atoms with Gasteiger partial charge in [-0.25, -0.2) is 0 Å². The summed E-state index contributed by atoms with van der Waals surface area (Å²) >= 11 is 0. The maximum absolute atomic E-state index is 12.2. The molecule has 4 fully saturated rings. The van der Waals surface area contributed by atoms with E-state index in [0.717, 1.165) is 42.6 Å². The van der Waals surface area contributed by atoms with Gasteiger partial charge in [0.15, 0.2) is 0 Å². The van der Waals surface area contributed by atoms with Crippen LogP contribution in [0.1, 0.15) is 85.5 Å². The molecule has 1 saturated heterocycles. The molecule has 30 heavy (non-hydrogen) atoms. The first-order chi connectivity index (χ1) is 14.2. The number of carbonyl (C=O) groups is 1. The van der Waals surface area contributed by atoms with Gasteiger partial charge in [-0.05, 0) is 99.3 Å². The lowest BCUT2D eigenvalue weighted by molar-refractivity contribution is -0.152. The number of nitrogens with zero attached hydrogens (tertiary/aromatic N) is 1. The van der Waals surface area contributed by atoms with E-state index in [2.05, 4.69) is 45.7 Å². The minimum Gasteiger partial charge on any atom is -0.462 e. The van der Waals surface area contributed by atoms with Crippen LogP contribution in [0.5, 0.6) is 0 Å². The average molecular weight is 414 g/mol. The second-order valence-electron chi connectivity index (χ2n) is 12.3. The van der Waals surface area contributed by atoms with Crippen LogP contribution in [0.4, 0.5) is 0 Å². The summed E-state index contributed by atoms with van der Waals surface area (Å²) in [7, 11) is 2.36. The Morgan fingerprint density at radius 3 is 2.70 bits per heavy atom. The van der Waals surface area contributed by atoms with Gasteiger partial charge in [0.1, 0.15) is 6.10 Å². The van der Waals surface area contributed by atoms with Gasteiger partial charge in [-0.3, -0.25) is 4.79 Å². The minimum absolute atomic E-state index is 0.00367. The lowest BCUT2D eigenvalue weighted by atomic mass is 9.47. The van der Waals surface area contributed by atoms with Gasteiger partial charge in [0, 0.05) is 25.4 Å². The molecule has 0 aromatic rings. The second-order valence-corrected chi connectivity index (χ2v) is 12.3. The van der Waals surface area contributed by atoms with Gasteiger partial charge in [0.25, 0.3) is 0 Å². The van der Waals surface area contributed by atoms with Crippen LogP contribution in [-0.2, 0) is 9.53 Å². The lowest BCUT2D eigenvalue weighted by Crippen LogP contribution is -2.51. The van der Waals surface area contributed by atoms with Crippen LogP contribution in [0.2, 0.25) is 0 Å². The number of fused-ring (bicyclic) bond motifs is 4. The minimum atomic E-state index is 0.00367. The number of allylic oxidation sites excluding steroid dienone is 1. The van der Waals surface area contributed by atoms with Crippen LogP contribution in [0, 0.1) is 40.4 Å². The number of ether oxygens (including phenoxy) is 1. The van der Waals surface area contributed by atoms with Crippen molar-refractivity contribution in [1.82, 2.24) is 4.90 Å². The molecule has 3 nitrogen and oxygen atoms in total. The molecular weight excluding hydrogens is 370 g/mol. The highest BCUT2D eigenvalue weighted by molar-refractivity contribution is 5.69. The standard InChI is InChI=1S/C27H43NO2/c1-17(2)14-25(29)30-20-10-12-26(4)19(15-20)6-7-21-23(26)11-13-27-16-28(5)18(3)22(27)8-9-24(21)27/h6,17-18,20-24H,7-16H2,1-5H3. The Balaban J connectivity index is 1.33. The molecule has 5 aliphatic rings. The van der Waals surface area contributed by atoms with E-state index in [4.69, 9.17) is 4.74 Å². The first-order valence-corrected chi connectivity index (χ1v) is 12.8. The summed E-state index contributed by atoms with van der Waals surface area (Å²) in [5, 5.41) is 0. The van der Waals surface area contributed by atoms with E-state index in [0.29, 0.717) is 23.2 Å². The van der Waals surface area contributed by atoms with Crippen molar-refractivity contribution in [2.45, 2.75) is 97.6 Å². The highest BCUT2D eigenvalue weighted by atomic mass is 16.5. The zero-order chi connectivity index (χ0) is 21.3. The van der Waals surface area contributed by atoms with Crippen molar-refractivity contribution in [2.24, 2.45) is 40.4 Å². The van der Waals surface area contributed by atoms with Gasteiger partial charge in [0.2, 0.25) is 0 Å². The normalized spacial score (nSPS) is 47.9. The van der Waals surface area contributed by atoms with E-state index in [1.165, 1.54) is 45.1 Å². The largest absolute Gasteiger partial charge is 0.462 e. The van der Waals surface area contributed by atoms with E-state index in [-0.39, 0.29) is 12.1 Å². The van der Waals surface area contributed by atoms with Crippen LogP contribution in [-0.4, -0.2) is 36.6 Å². The molecule has 0 aromatic heterocycles. The fourth-order valence-corrected chi connectivity index (χ4v) is 9.10. The summed E-state index contributed by atoms with van der Waals surface area (Å²) in [4.78, 5) is 14.9. The average Bonchev–Trinajstić information content (AvgIpc) is 3.16. The number of hydrogen-bond donors (Lipinski definition) is 0. The summed E-state index contributed by atoms with van der Waals surface area (Å²) in [5.74, 6) is 3.98. The van der Waals surface area contributed by atoms with Crippen molar-refractivity contribution in [1.29, 1.82) is 0 Å². The first kappa shape index (κ1) is 21.0. The second kappa shape index (κ2) is 7.36. The Hall–Kier alpha value is -0.830. The van der Waals surface area contributed by atoms with Crippen molar-refractivity contribution in [3.63, 3.8) is 0 Å². The molecule has 3 heteroatoms. The van der Waals surface area contributed by atoms with Gasteiger partial charge in [-0.2, -0.15) is 0 Å². The summed E-state index contributed by atoms with van der Waals surface area (Å²) in [6, 6.07) is 0.771. The van der Waals surface area contributed by atoms with Gasteiger partial charge < -0.3 is 9.64 Å². The predicted molar refractivity (Wildman–Crippen MR) is 121 cm³/mol. The van der Waals surface area contributed by atoms with E-state index in [9.17, 15) is 4.79 Å². The molecule has 1 spiro atoms. The zero-order valence-corrected chi connectivity index (χ0v) is 20.0. The van der Waals surface area contributed by atoms with Crippen LogP contribution >= 0.6 is 0 Å². The first-order valence-electron chi connectivity index (χ1n) is 12.8. The third kappa shape index (κ3) is 3.05. The van der Waals surface area contributed by atoms with E-state index >= 15 is 0 Å². The van der Waals surface area contributed by atoms with E-state index in [1.54, 1.807) is 5.57 Å². The maximum Gasteiger partial charge on any atom is 0.306 e. The molecule has 8 atom stereocenters. The number of rotatable bonds is 3. The molecule has 1 aliphatic heterocycles. The van der Waals surface area contributed by atoms with Crippen LogP contribution in [0.3, 0.4) is 0 Å². The van der Waals surface area contributed by atoms with Crippen molar-refractivity contribution in [2.75, 3.05) is 13.6 Å². The van der Waals surface area contributed by atoms with Crippen LogP contribution < -0.4 is 0 Å². The third-order valence-corrected chi connectivity index (χ3v) is 10.5.